The smallest absolute Gasteiger partial charge is 0.417 e. The lowest BCUT2D eigenvalue weighted by molar-refractivity contribution is -0.137. The topological polar surface area (TPSA) is 68.6 Å². The highest BCUT2D eigenvalue weighted by atomic mass is 35.5. The molecule has 168 valence electrons. The van der Waals surface area contributed by atoms with Crippen molar-refractivity contribution in [2.24, 2.45) is 4.99 Å². The normalized spacial score (nSPS) is 13.0. The van der Waals surface area contributed by atoms with E-state index in [1.165, 1.54) is 18.5 Å². The van der Waals surface area contributed by atoms with Crippen molar-refractivity contribution in [1.29, 1.82) is 0 Å². The van der Waals surface area contributed by atoms with E-state index in [1.807, 2.05) is 0 Å². The van der Waals surface area contributed by atoms with E-state index in [-0.39, 0.29) is 36.4 Å². The first-order valence-corrected chi connectivity index (χ1v) is 10.3. The highest BCUT2D eigenvalue weighted by Crippen LogP contribution is 2.35. The number of nitrogens with zero attached hydrogens (tertiary/aromatic N) is 2. The quantitative estimate of drug-likeness (QED) is 0.459. The van der Waals surface area contributed by atoms with Gasteiger partial charge in [-0.05, 0) is 41.5 Å². The molecule has 0 saturated carbocycles. The Kier molecular flexibility index (Phi) is 6.29. The molecule has 2 heterocycles. The maximum absolute atomic E-state index is 13.0. The zero-order chi connectivity index (χ0) is 23.6. The van der Waals surface area contributed by atoms with Crippen molar-refractivity contribution < 1.29 is 27.5 Å². The molecule has 0 fully saturated rings. The zero-order valence-electron chi connectivity index (χ0n) is 17.0. The summed E-state index contributed by atoms with van der Waals surface area (Å²) in [6.45, 7) is 0. The second-order valence-electron chi connectivity index (χ2n) is 7.46. The van der Waals surface area contributed by atoms with E-state index in [2.05, 4.69) is 9.98 Å². The summed E-state index contributed by atoms with van der Waals surface area (Å²) >= 11 is 5.62. The van der Waals surface area contributed by atoms with Crippen LogP contribution < -0.4 is 4.74 Å². The van der Waals surface area contributed by atoms with Crippen LogP contribution in [0.3, 0.4) is 0 Å². The minimum Gasteiger partial charge on any atom is -0.457 e. The second-order valence-corrected chi connectivity index (χ2v) is 7.87. The number of halogens is 4. The molecule has 0 N–H and O–H groups in total. The third-order valence-corrected chi connectivity index (χ3v) is 5.29. The molecule has 2 aromatic carbocycles. The van der Waals surface area contributed by atoms with Gasteiger partial charge >= 0.3 is 6.18 Å². The van der Waals surface area contributed by atoms with Crippen molar-refractivity contribution >= 4 is 35.2 Å². The lowest BCUT2D eigenvalue weighted by Gasteiger charge is -2.14. The van der Waals surface area contributed by atoms with E-state index in [0.29, 0.717) is 28.4 Å². The molecule has 0 atom stereocenters. The Morgan fingerprint density at radius 3 is 2.45 bits per heavy atom. The summed E-state index contributed by atoms with van der Waals surface area (Å²) in [6, 6.07) is 11.9. The van der Waals surface area contributed by atoms with Crippen molar-refractivity contribution in [3.63, 3.8) is 0 Å². The number of aliphatic imine (C=N–C) groups is 1. The number of ether oxygens (including phenoxy) is 1. The van der Waals surface area contributed by atoms with Gasteiger partial charge < -0.3 is 4.74 Å². The van der Waals surface area contributed by atoms with Crippen molar-refractivity contribution in [1.82, 2.24) is 4.98 Å². The van der Waals surface area contributed by atoms with Gasteiger partial charge in [0.25, 0.3) is 0 Å². The summed E-state index contributed by atoms with van der Waals surface area (Å²) < 4.78 is 44.9. The third kappa shape index (κ3) is 5.46. The van der Waals surface area contributed by atoms with Gasteiger partial charge in [-0.1, -0.05) is 29.8 Å². The molecule has 1 aromatic heterocycles. The first-order valence-electron chi connectivity index (χ1n) is 9.88. The molecular weight excluding hydrogens is 457 g/mol. The van der Waals surface area contributed by atoms with Gasteiger partial charge in [-0.25, -0.2) is 9.98 Å². The summed E-state index contributed by atoms with van der Waals surface area (Å²) in [7, 11) is 0. The van der Waals surface area contributed by atoms with E-state index in [0.717, 1.165) is 12.1 Å². The highest BCUT2D eigenvalue weighted by molar-refractivity contribution is 6.31. The molecule has 0 radical (unpaired) electrons. The molecule has 33 heavy (non-hydrogen) atoms. The second kappa shape index (κ2) is 9.15. The van der Waals surface area contributed by atoms with Crippen LogP contribution in [0.1, 0.15) is 22.3 Å². The maximum atomic E-state index is 13.0. The zero-order valence-corrected chi connectivity index (χ0v) is 17.8. The standard InChI is InChI=1S/C24H16ClF3N2O3/c25-21-6-3-15(11-20(21)24(26,27)28)10-16(31)9-14-1-4-18(5-2-14)33-22-7-8-29-23-19(22)12-17(32)13-30-23/h1-8,11,13H,9-10,12H2. The number of benzene rings is 2. The van der Waals surface area contributed by atoms with Crippen molar-refractivity contribution in [2.75, 3.05) is 0 Å². The molecule has 0 unspecified atom stereocenters. The fourth-order valence-corrected chi connectivity index (χ4v) is 3.63. The van der Waals surface area contributed by atoms with Crippen LogP contribution in [-0.2, 0) is 35.0 Å². The van der Waals surface area contributed by atoms with Crippen LogP contribution in [0, 0.1) is 0 Å². The van der Waals surface area contributed by atoms with Crippen LogP contribution in [0.4, 0.5) is 19.0 Å². The fraction of sp³-hybridized carbons (Fsp3) is 0.167. The number of hydrogen-bond donors (Lipinski definition) is 0. The Hall–Kier alpha value is -3.52. The molecule has 0 spiro atoms. The first kappa shape index (κ1) is 22.7. The summed E-state index contributed by atoms with van der Waals surface area (Å²) in [5.41, 5.74) is 0.581. The van der Waals surface area contributed by atoms with Gasteiger partial charge in [0.15, 0.2) is 11.6 Å². The van der Waals surface area contributed by atoms with Gasteiger partial charge in [0.05, 0.1) is 16.8 Å². The molecular formula is C24H16ClF3N2O3. The molecule has 1 aliphatic rings. The van der Waals surface area contributed by atoms with E-state index in [4.69, 9.17) is 16.3 Å². The van der Waals surface area contributed by atoms with Crippen molar-refractivity contribution in [3.8, 4) is 11.5 Å². The fourth-order valence-electron chi connectivity index (χ4n) is 3.41. The van der Waals surface area contributed by atoms with Crippen LogP contribution in [-0.4, -0.2) is 22.8 Å². The molecule has 3 aromatic rings. The summed E-state index contributed by atoms with van der Waals surface area (Å²) in [4.78, 5) is 32.2. The first-order chi connectivity index (χ1) is 15.7. The van der Waals surface area contributed by atoms with Crippen LogP contribution in [0.2, 0.25) is 5.02 Å². The number of Topliss-reactive ketones (excluding diaryl/α,β-unsaturated/α-hetero) is 2. The summed E-state index contributed by atoms with van der Waals surface area (Å²) in [5, 5.41) is -0.402. The number of ketones is 2. The Morgan fingerprint density at radius 1 is 1.03 bits per heavy atom. The van der Waals surface area contributed by atoms with Crippen LogP contribution in [0.25, 0.3) is 0 Å². The van der Waals surface area contributed by atoms with E-state index in [9.17, 15) is 22.8 Å². The number of pyridine rings is 1. The van der Waals surface area contributed by atoms with Crippen molar-refractivity contribution in [3.05, 3.63) is 82.0 Å². The number of fused-ring (bicyclic) bond motifs is 1. The summed E-state index contributed by atoms with van der Waals surface area (Å²) in [5.74, 6) is 1.02. The minimum atomic E-state index is -4.58. The van der Waals surface area contributed by atoms with Crippen LogP contribution in [0.15, 0.2) is 59.7 Å². The number of carbonyl (C=O) groups excluding carboxylic acids is 2. The van der Waals surface area contributed by atoms with Gasteiger partial charge in [0, 0.05) is 31.0 Å². The average molecular weight is 473 g/mol. The lowest BCUT2D eigenvalue weighted by atomic mass is 10.0. The predicted molar refractivity (Wildman–Crippen MR) is 116 cm³/mol. The minimum absolute atomic E-state index is 0.0537. The molecule has 0 saturated heterocycles. The van der Waals surface area contributed by atoms with Gasteiger partial charge in [0.1, 0.15) is 17.3 Å². The van der Waals surface area contributed by atoms with E-state index < -0.39 is 16.8 Å². The Labute approximate surface area is 191 Å². The van der Waals surface area contributed by atoms with Crippen LogP contribution >= 0.6 is 11.6 Å². The molecule has 0 amide bonds. The molecule has 4 rings (SSSR count). The number of carbonyl (C=O) groups is 2. The Balaban J connectivity index is 1.41. The third-order valence-electron chi connectivity index (χ3n) is 4.96. The van der Waals surface area contributed by atoms with Gasteiger partial charge in [-0.15, -0.1) is 0 Å². The highest BCUT2D eigenvalue weighted by Gasteiger charge is 2.33. The van der Waals surface area contributed by atoms with E-state index >= 15 is 0 Å². The number of rotatable bonds is 6. The largest absolute Gasteiger partial charge is 0.457 e. The lowest BCUT2D eigenvalue weighted by Crippen LogP contribution is -2.10. The van der Waals surface area contributed by atoms with Gasteiger partial charge in [-0.2, -0.15) is 13.2 Å². The molecule has 9 heteroatoms. The number of alkyl halides is 3. The summed E-state index contributed by atoms with van der Waals surface area (Å²) in [6.07, 6.45) is -1.75. The molecule has 1 aliphatic heterocycles. The van der Waals surface area contributed by atoms with E-state index in [1.54, 1.807) is 30.3 Å². The predicted octanol–water partition coefficient (Wildman–Crippen LogP) is 5.73. The van der Waals surface area contributed by atoms with Gasteiger partial charge in [0.2, 0.25) is 0 Å². The molecule has 0 bridgehead atoms. The van der Waals surface area contributed by atoms with Gasteiger partial charge in [-0.3, -0.25) is 9.59 Å². The monoisotopic (exact) mass is 472 g/mol. The Morgan fingerprint density at radius 2 is 1.73 bits per heavy atom. The average Bonchev–Trinajstić information content (AvgIpc) is 2.76. The maximum Gasteiger partial charge on any atom is 0.417 e. The van der Waals surface area contributed by atoms with Crippen molar-refractivity contribution in [2.45, 2.75) is 25.4 Å². The molecule has 5 nitrogen and oxygen atoms in total. The molecule has 0 aliphatic carbocycles. The van der Waals surface area contributed by atoms with Crippen LogP contribution in [0.5, 0.6) is 11.5 Å². The number of aromatic nitrogens is 1. The number of hydrogen-bond acceptors (Lipinski definition) is 5. The Bertz CT molecular complexity index is 1250. The SMILES string of the molecule is O=C1C=Nc2nccc(Oc3ccc(CC(=O)Cc4ccc(Cl)c(C(F)(F)F)c4)cc3)c2C1.